The number of amides is 1. The Hall–Kier alpha value is -2.84. The number of hydrogen-bond donors (Lipinski definition) is 1. The number of hydrogen-bond acceptors (Lipinski definition) is 4. The van der Waals surface area contributed by atoms with Gasteiger partial charge in [0.05, 0.1) is 17.8 Å². The maximum Gasteiger partial charge on any atom is 0.280 e. The number of carbonyl (C=O) groups excluding carboxylic acids is 1. The fourth-order valence-corrected chi connectivity index (χ4v) is 4.28. The zero-order valence-electron chi connectivity index (χ0n) is 15.8. The molecule has 1 amide bonds. The van der Waals surface area contributed by atoms with Gasteiger partial charge in [-0.15, -0.1) is 0 Å². The van der Waals surface area contributed by atoms with Crippen LogP contribution in [0.4, 0.5) is 8.78 Å². The Morgan fingerprint density at radius 1 is 1.17 bits per heavy atom. The highest BCUT2D eigenvalue weighted by atomic mass is 35.5. The Labute approximate surface area is 180 Å². The van der Waals surface area contributed by atoms with Crippen molar-refractivity contribution in [2.45, 2.75) is 19.4 Å². The predicted octanol–water partition coefficient (Wildman–Crippen LogP) is 5.48. The molecule has 3 aromatic heterocycles. The largest absolute Gasteiger partial charge is 0.343 e. The van der Waals surface area contributed by atoms with E-state index in [9.17, 15) is 13.6 Å². The number of rotatable bonds is 6. The van der Waals surface area contributed by atoms with Gasteiger partial charge in [0, 0.05) is 17.7 Å². The monoisotopic (exact) mass is 446 g/mol. The van der Waals surface area contributed by atoms with Crippen molar-refractivity contribution in [1.29, 1.82) is 0 Å². The lowest BCUT2D eigenvalue weighted by molar-refractivity contribution is 0.0599. The minimum Gasteiger partial charge on any atom is -0.343 e. The van der Waals surface area contributed by atoms with Crippen LogP contribution in [0.2, 0.25) is 4.34 Å². The Bertz CT molecular complexity index is 1180. The summed E-state index contributed by atoms with van der Waals surface area (Å²) in [5.74, 6) is -1.63. The van der Waals surface area contributed by atoms with Crippen molar-refractivity contribution in [3.05, 3.63) is 75.8 Å². The van der Waals surface area contributed by atoms with Crippen LogP contribution in [-0.2, 0) is 0 Å². The molecule has 154 valence electrons. The van der Waals surface area contributed by atoms with Crippen molar-refractivity contribution in [3.63, 3.8) is 0 Å². The molecular formula is C21H17ClF2N4OS. The maximum absolute atomic E-state index is 13.4. The van der Waals surface area contributed by atoms with Crippen LogP contribution in [0.25, 0.3) is 16.8 Å². The summed E-state index contributed by atoms with van der Waals surface area (Å²) in [6.45, 7) is 1.40. The third-order valence-corrected chi connectivity index (χ3v) is 6.08. The summed E-state index contributed by atoms with van der Waals surface area (Å²) in [7, 11) is 0. The van der Waals surface area contributed by atoms with Crippen LogP contribution in [0.1, 0.15) is 28.3 Å². The molecule has 0 saturated heterocycles. The molecule has 0 spiro atoms. The third kappa shape index (κ3) is 3.93. The number of aromatic nitrogens is 3. The van der Waals surface area contributed by atoms with Crippen LogP contribution in [-0.4, -0.2) is 26.9 Å². The SMILES string of the molecule is CC(C(F)F)C(NC(=O)c1nc(-c2cnn3ccccc23)c(Cl)s1)c1ccccc1. The number of carbonyl (C=O) groups is 1. The molecule has 5 nitrogen and oxygen atoms in total. The average Bonchev–Trinajstić information content (AvgIpc) is 3.35. The lowest BCUT2D eigenvalue weighted by Crippen LogP contribution is -2.35. The van der Waals surface area contributed by atoms with Gasteiger partial charge in [-0.05, 0) is 17.7 Å². The van der Waals surface area contributed by atoms with E-state index in [0.717, 1.165) is 16.9 Å². The van der Waals surface area contributed by atoms with Gasteiger partial charge in [-0.2, -0.15) is 5.10 Å². The molecule has 3 heterocycles. The summed E-state index contributed by atoms with van der Waals surface area (Å²) in [5.41, 5.74) is 2.52. The molecule has 4 rings (SSSR count). The fourth-order valence-electron chi connectivity index (χ4n) is 3.21. The van der Waals surface area contributed by atoms with Crippen LogP contribution in [0.15, 0.2) is 60.9 Å². The van der Waals surface area contributed by atoms with E-state index in [1.165, 1.54) is 6.92 Å². The Balaban J connectivity index is 1.64. The van der Waals surface area contributed by atoms with Crippen molar-refractivity contribution in [2.75, 3.05) is 0 Å². The topological polar surface area (TPSA) is 59.3 Å². The number of nitrogens with one attached hydrogen (secondary N) is 1. The molecule has 0 radical (unpaired) electrons. The second-order valence-corrected chi connectivity index (χ2v) is 8.39. The van der Waals surface area contributed by atoms with E-state index < -0.39 is 24.3 Å². The smallest absolute Gasteiger partial charge is 0.280 e. The molecule has 0 fully saturated rings. The van der Waals surface area contributed by atoms with E-state index in [2.05, 4.69) is 15.4 Å². The molecule has 0 aliphatic carbocycles. The number of fused-ring (bicyclic) bond motifs is 1. The standard InChI is InChI=1S/C21H17ClF2N4OS/c1-12(19(23)24)16(13-7-3-2-4-8-13)26-20(29)21-27-17(18(22)30-21)14-11-25-28-10-6-5-9-15(14)28/h2-12,16,19H,1H3,(H,26,29). The van der Waals surface area contributed by atoms with Gasteiger partial charge in [-0.25, -0.2) is 18.3 Å². The second kappa shape index (κ2) is 8.49. The molecule has 9 heteroatoms. The number of nitrogens with zero attached hydrogens (tertiary/aromatic N) is 3. The van der Waals surface area contributed by atoms with Crippen LogP contribution in [0.3, 0.4) is 0 Å². The number of thiazole rings is 1. The van der Waals surface area contributed by atoms with Crippen molar-refractivity contribution in [2.24, 2.45) is 5.92 Å². The molecule has 4 aromatic rings. The van der Waals surface area contributed by atoms with Gasteiger partial charge in [-0.3, -0.25) is 4.79 Å². The van der Waals surface area contributed by atoms with Gasteiger partial charge in [0.2, 0.25) is 6.43 Å². The van der Waals surface area contributed by atoms with Gasteiger partial charge in [-0.1, -0.05) is 66.3 Å². The average molecular weight is 447 g/mol. The fraction of sp³-hybridized carbons (Fsp3) is 0.190. The van der Waals surface area contributed by atoms with Gasteiger partial charge in [0.25, 0.3) is 5.91 Å². The highest BCUT2D eigenvalue weighted by molar-refractivity contribution is 7.18. The molecular weight excluding hydrogens is 430 g/mol. The summed E-state index contributed by atoms with van der Waals surface area (Å²) >= 11 is 7.37. The Kier molecular flexibility index (Phi) is 5.78. The summed E-state index contributed by atoms with van der Waals surface area (Å²) < 4.78 is 28.9. The van der Waals surface area contributed by atoms with E-state index in [1.807, 2.05) is 18.2 Å². The van der Waals surface area contributed by atoms with Gasteiger partial charge >= 0.3 is 0 Å². The van der Waals surface area contributed by atoms with Gasteiger partial charge in [0.15, 0.2) is 5.01 Å². The highest BCUT2D eigenvalue weighted by Crippen LogP contribution is 2.35. The molecule has 0 aliphatic rings. The summed E-state index contributed by atoms with van der Waals surface area (Å²) in [6, 6.07) is 13.4. The van der Waals surface area contributed by atoms with E-state index in [4.69, 9.17) is 11.6 Å². The summed E-state index contributed by atoms with van der Waals surface area (Å²) in [6.07, 6.45) is 0.830. The first kappa shape index (κ1) is 20.4. The first-order valence-corrected chi connectivity index (χ1v) is 10.4. The summed E-state index contributed by atoms with van der Waals surface area (Å²) in [4.78, 5) is 17.3. The quantitative estimate of drug-likeness (QED) is 0.426. The number of benzene rings is 1. The molecule has 0 saturated carbocycles. The molecule has 1 N–H and O–H groups in total. The number of pyridine rings is 1. The maximum atomic E-state index is 13.4. The predicted molar refractivity (Wildman–Crippen MR) is 113 cm³/mol. The molecule has 0 aliphatic heterocycles. The highest BCUT2D eigenvalue weighted by Gasteiger charge is 2.30. The van der Waals surface area contributed by atoms with Gasteiger partial charge < -0.3 is 5.32 Å². The van der Waals surface area contributed by atoms with Gasteiger partial charge in [0.1, 0.15) is 10.0 Å². The van der Waals surface area contributed by atoms with Crippen molar-refractivity contribution in [1.82, 2.24) is 19.9 Å². The van der Waals surface area contributed by atoms with Crippen molar-refractivity contribution >= 4 is 34.4 Å². The number of halogens is 3. The first-order valence-electron chi connectivity index (χ1n) is 9.18. The minimum atomic E-state index is -2.59. The first-order chi connectivity index (χ1) is 14.5. The van der Waals surface area contributed by atoms with Crippen molar-refractivity contribution < 1.29 is 13.6 Å². The second-order valence-electron chi connectivity index (χ2n) is 6.79. The van der Waals surface area contributed by atoms with Crippen LogP contribution < -0.4 is 5.32 Å². The zero-order chi connectivity index (χ0) is 21.3. The summed E-state index contributed by atoms with van der Waals surface area (Å²) in [5, 5.41) is 7.07. The molecule has 2 atom stereocenters. The lowest BCUT2D eigenvalue weighted by atomic mass is 9.94. The van der Waals surface area contributed by atoms with E-state index in [0.29, 0.717) is 21.2 Å². The van der Waals surface area contributed by atoms with E-state index in [-0.39, 0.29) is 5.01 Å². The zero-order valence-corrected chi connectivity index (χ0v) is 17.4. The minimum absolute atomic E-state index is 0.104. The van der Waals surface area contributed by atoms with Crippen LogP contribution in [0, 0.1) is 5.92 Å². The Morgan fingerprint density at radius 2 is 1.90 bits per heavy atom. The van der Waals surface area contributed by atoms with Crippen LogP contribution >= 0.6 is 22.9 Å². The molecule has 30 heavy (non-hydrogen) atoms. The van der Waals surface area contributed by atoms with Crippen LogP contribution in [0.5, 0.6) is 0 Å². The van der Waals surface area contributed by atoms with E-state index >= 15 is 0 Å². The van der Waals surface area contributed by atoms with Crippen molar-refractivity contribution in [3.8, 4) is 11.3 Å². The Morgan fingerprint density at radius 3 is 2.63 bits per heavy atom. The number of alkyl halides is 2. The molecule has 0 bridgehead atoms. The van der Waals surface area contributed by atoms with E-state index in [1.54, 1.807) is 47.2 Å². The lowest BCUT2D eigenvalue weighted by Gasteiger charge is -2.24. The third-order valence-electron chi connectivity index (χ3n) is 4.83. The molecule has 2 unspecified atom stereocenters. The molecule has 1 aromatic carbocycles. The normalized spacial score (nSPS) is 13.5.